The van der Waals surface area contributed by atoms with Crippen LogP contribution in [0.1, 0.15) is 44.7 Å². The van der Waals surface area contributed by atoms with E-state index in [0.717, 1.165) is 5.56 Å². The number of ether oxygens (including phenoxy) is 1. The van der Waals surface area contributed by atoms with Gasteiger partial charge in [0.15, 0.2) is 0 Å². The van der Waals surface area contributed by atoms with Crippen molar-refractivity contribution in [3.05, 3.63) is 78.0 Å². The molecule has 2 aliphatic rings. The number of hydrazine groups is 1. The van der Waals surface area contributed by atoms with E-state index in [2.05, 4.69) is 0 Å². The van der Waals surface area contributed by atoms with Crippen LogP contribution in [0.3, 0.4) is 0 Å². The predicted octanol–water partition coefficient (Wildman–Crippen LogP) is 2.18. The zero-order chi connectivity index (χ0) is 31.3. The van der Waals surface area contributed by atoms with E-state index < -0.39 is 47.7 Å². The number of benzene rings is 2. The quantitative estimate of drug-likeness (QED) is 0.452. The molecule has 0 bridgehead atoms. The highest BCUT2D eigenvalue weighted by Gasteiger charge is 2.48. The summed E-state index contributed by atoms with van der Waals surface area (Å²) in [6.45, 7) is 4.96. The largest absolute Gasteiger partial charge is 0.375 e. The lowest BCUT2D eigenvalue weighted by Crippen LogP contribution is -2.65. The molecule has 0 aliphatic carbocycles. The Bertz CT molecular complexity index is 1380. The Balaban J connectivity index is 1.92. The number of hydrogen-bond acceptors (Lipinski definition) is 6. The Morgan fingerprint density at radius 1 is 1.02 bits per heavy atom. The molecule has 5 amide bonds. The van der Waals surface area contributed by atoms with Crippen LogP contribution < -0.4 is 5.73 Å². The van der Waals surface area contributed by atoms with E-state index in [1.807, 2.05) is 50.2 Å². The van der Waals surface area contributed by atoms with Crippen LogP contribution in [0.15, 0.2) is 66.9 Å². The molecule has 0 saturated carbocycles. The zero-order valence-corrected chi connectivity index (χ0v) is 25.0. The second kappa shape index (κ2) is 13.6. The predicted molar refractivity (Wildman–Crippen MR) is 159 cm³/mol. The fourth-order valence-corrected chi connectivity index (χ4v) is 5.82. The Morgan fingerprint density at radius 3 is 2.21 bits per heavy atom. The number of carbonyl (C=O) groups excluding carboxylic acids is 5. The third-order valence-corrected chi connectivity index (χ3v) is 7.76. The van der Waals surface area contributed by atoms with Crippen molar-refractivity contribution in [3.63, 3.8) is 0 Å². The van der Waals surface area contributed by atoms with Gasteiger partial charge in [-0.1, -0.05) is 74.5 Å². The average molecular weight is 590 g/mol. The first-order valence-corrected chi connectivity index (χ1v) is 14.4. The van der Waals surface area contributed by atoms with E-state index >= 15 is 0 Å². The Labute approximate surface area is 251 Å². The maximum absolute atomic E-state index is 14.5. The summed E-state index contributed by atoms with van der Waals surface area (Å²) < 4.78 is 5.10. The van der Waals surface area contributed by atoms with E-state index in [-0.39, 0.29) is 24.6 Å². The summed E-state index contributed by atoms with van der Waals surface area (Å²) in [5, 5.41) is 2.42. The first-order chi connectivity index (χ1) is 20.6. The van der Waals surface area contributed by atoms with Gasteiger partial charge in [-0.05, 0) is 24.3 Å². The molecular formula is C32H39N5O6. The third-order valence-electron chi connectivity index (χ3n) is 7.76. The molecule has 2 N–H and O–H groups in total. The third kappa shape index (κ3) is 6.61. The first-order valence-electron chi connectivity index (χ1n) is 14.4. The SMILES string of the molecule is COCC(=O)N1C=C(c2ccccc2)N(N(C(C)=O)[C@@H](Cc2ccccc2)C(=O)N2CCC[C@H]2C(N)=O)C(=O)C1C(C)C. The van der Waals surface area contributed by atoms with Crippen LogP contribution in [0.2, 0.25) is 0 Å². The number of nitrogens with two attached hydrogens (primary N) is 1. The minimum atomic E-state index is -1.19. The molecule has 1 fully saturated rings. The minimum Gasteiger partial charge on any atom is -0.375 e. The second-order valence-corrected chi connectivity index (χ2v) is 11.1. The lowest BCUT2D eigenvalue weighted by molar-refractivity contribution is -0.172. The molecular weight excluding hydrogens is 550 g/mol. The first kappa shape index (κ1) is 31.4. The smallest absolute Gasteiger partial charge is 0.269 e. The standard InChI is InChI=1S/C32H39N5O6/c1-21(2)29-32(42)37(27(24-14-9-6-10-15-24)19-35(29)28(39)20-43-4)36(22(3)38)26(18-23-12-7-5-8-13-23)31(41)34-17-11-16-25(34)30(33)40/h5-10,12-15,19,21,25-26,29H,11,16-18,20H2,1-4H3,(H2,33,40)/t25-,26-,29?/m0/s1. The number of primary amides is 1. The second-order valence-electron chi connectivity index (χ2n) is 11.1. The maximum atomic E-state index is 14.5. The Kier molecular flexibility index (Phi) is 9.97. The molecule has 0 aromatic heterocycles. The molecule has 0 radical (unpaired) electrons. The van der Waals surface area contributed by atoms with Crippen molar-refractivity contribution < 1.29 is 28.7 Å². The number of amides is 5. The van der Waals surface area contributed by atoms with Gasteiger partial charge in [0.25, 0.3) is 11.8 Å². The fourth-order valence-electron chi connectivity index (χ4n) is 5.82. The van der Waals surface area contributed by atoms with Crippen molar-refractivity contribution in [3.8, 4) is 0 Å². The summed E-state index contributed by atoms with van der Waals surface area (Å²) in [5.41, 5.74) is 7.23. The van der Waals surface area contributed by atoms with Crippen molar-refractivity contribution in [2.45, 2.75) is 58.2 Å². The van der Waals surface area contributed by atoms with E-state index in [0.29, 0.717) is 24.9 Å². The number of likely N-dealkylation sites (tertiary alicyclic amines) is 1. The normalized spacial score (nSPS) is 19.3. The number of hydrogen-bond donors (Lipinski definition) is 1. The van der Waals surface area contributed by atoms with Gasteiger partial charge in [0, 0.05) is 38.8 Å². The highest BCUT2D eigenvalue weighted by atomic mass is 16.5. The van der Waals surface area contributed by atoms with E-state index in [1.54, 1.807) is 30.5 Å². The molecule has 2 aliphatic heterocycles. The van der Waals surface area contributed by atoms with Gasteiger partial charge in [-0.2, -0.15) is 0 Å². The zero-order valence-electron chi connectivity index (χ0n) is 25.0. The molecule has 228 valence electrons. The molecule has 11 heteroatoms. The molecule has 3 atom stereocenters. The monoisotopic (exact) mass is 589 g/mol. The van der Waals surface area contributed by atoms with Gasteiger partial charge in [-0.3, -0.25) is 24.0 Å². The van der Waals surface area contributed by atoms with E-state index in [4.69, 9.17) is 10.5 Å². The van der Waals surface area contributed by atoms with Crippen molar-refractivity contribution in [1.82, 2.24) is 19.8 Å². The Hall–Kier alpha value is -4.51. The van der Waals surface area contributed by atoms with Crippen LogP contribution in [0, 0.1) is 5.92 Å². The van der Waals surface area contributed by atoms with Crippen molar-refractivity contribution in [1.29, 1.82) is 0 Å². The lowest BCUT2D eigenvalue weighted by Gasteiger charge is -2.47. The van der Waals surface area contributed by atoms with Crippen molar-refractivity contribution >= 4 is 35.2 Å². The summed E-state index contributed by atoms with van der Waals surface area (Å²) in [4.78, 5) is 70.8. The fraction of sp³-hybridized carbons (Fsp3) is 0.406. The van der Waals surface area contributed by atoms with Gasteiger partial charge in [0.2, 0.25) is 17.7 Å². The minimum absolute atomic E-state index is 0.0751. The van der Waals surface area contributed by atoms with Gasteiger partial charge >= 0.3 is 0 Å². The number of carbonyl (C=O) groups is 5. The maximum Gasteiger partial charge on any atom is 0.269 e. The van der Waals surface area contributed by atoms with Crippen molar-refractivity contribution in [2.75, 3.05) is 20.3 Å². The van der Waals surface area contributed by atoms with Crippen LogP contribution in [0.25, 0.3) is 5.70 Å². The van der Waals surface area contributed by atoms with Crippen molar-refractivity contribution in [2.24, 2.45) is 11.7 Å². The van der Waals surface area contributed by atoms with Gasteiger partial charge in [-0.15, -0.1) is 0 Å². The lowest BCUT2D eigenvalue weighted by atomic mass is 9.97. The highest BCUT2D eigenvalue weighted by molar-refractivity contribution is 6.00. The van der Waals surface area contributed by atoms with Gasteiger partial charge < -0.3 is 20.3 Å². The summed E-state index contributed by atoms with van der Waals surface area (Å²) in [6.07, 6.45) is 2.63. The molecule has 1 saturated heterocycles. The van der Waals surface area contributed by atoms with Gasteiger partial charge in [0.1, 0.15) is 24.7 Å². The summed E-state index contributed by atoms with van der Waals surface area (Å²) >= 11 is 0. The topological polar surface area (TPSA) is 134 Å². The molecule has 11 nitrogen and oxygen atoms in total. The van der Waals surface area contributed by atoms with E-state index in [9.17, 15) is 24.0 Å². The van der Waals surface area contributed by atoms with Crippen LogP contribution >= 0.6 is 0 Å². The highest BCUT2D eigenvalue weighted by Crippen LogP contribution is 2.34. The van der Waals surface area contributed by atoms with Crippen LogP contribution in [-0.2, 0) is 35.1 Å². The Morgan fingerprint density at radius 2 is 1.65 bits per heavy atom. The summed E-state index contributed by atoms with van der Waals surface area (Å²) in [7, 11) is 1.40. The number of rotatable bonds is 10. The molecule has 2 aromatic rings. The van der Waals surface area contributed by atoms with Crippen LogP contribution in [-0.4, -0.2) is 87.7 Å². The van der Waals surface area contributed by atoms with Crippen LogP contribution in [0.5, 0.6) is 0 Å². The van der Waals surface area contributed by atoms with E-state index in [1.165, 1.54) is 33.9 Å². The van der Waals surface area contributed by atoms with Gasteiger partial charge in [0.05, 0.1) is 5.70 Å². The molecule has 2 heterocycles. The molecule has 4 rings (SSSR count). The molecule has 43 heavy (non-hydrogen) atoms. The summed E-state index contributed by atoms with van der Waals surface area (Å²) in [5.74, 6) is -2.98. The van der Waals surface area contributed by atoms with Crippen LogP contribution in [0.4, 0.5) is 0 Å². The molecule has 1 unspecified atom stereocenters. The number of methoxy groups -OCH3 is 1. The summed E-state index contributed by atoms with van der Waals surface area (Å²) in [6, 6.07) is 15.1. The molecule has 2 aromatic carbocycles. The molecule has 0 spiro atoms. The average Bonchev–Trinajstić information content (AvgIpc) is 3.48. The van der Waals surface area contributed by atoms with Gasteiger partial charge in [-0.25, -0.2) is 10.0 Å². The number of nitrogens with zero attached hydrogens (tertiary/aromatic N) is 4.